The molecule has 0 aliphatic rings. The molecule has 134 valence electrons. The van der Waals surface area contributed by atoms with Gasteiger partial charge in [-0.3, -0.25) is 9.59 Å². The van der Waals surface area contributed by atoms with Gasteiger partial charge in [0.2, 0.25) is 0 Å². The molecular formula is C21H16FN3O2. The second kappa shape index (κ2) is 6.64. The fraction of sp³-hybridized carbons (Fsp3) is 0.0952. The van der Waals surface area contributed by atoms with Gasteiger partial charge in [-0.25, -0.2) is 9.37 Å². The Morgan fingerprint density at radius 2 is 1.81 bits per heavy atom. The van der Waals surface area contributed by atoms with Gasteiger partial charge in [0.1, 0.15) is 17.2 Å². The number of H-pyrrole nitrogens is 1. The van der Waals surface area contributed by atoms with Gasteiger partial charge in [-0.2, -0.15) is 0 Å². The van der Waals surface area contributed by atoms with Crippen molar-refractivity contribution in [3.05, 3.63) is 77.4 Å². The molecule has 4 rings (SSSR count). The number of aromatic nitrogens is 2. The molecule has 0 atom stereocenters. The Bertz CT molecular complexity index is 1180. The van der Waals surface area contributed by atoms with E-state index in [2.05, 4.69) is 15.3 Å². The molecule has 2 heterocycles. The lowest BCUT2D eigenvalue weighted by Crippen LogP contribution is -2.24. The van der Waals surface area contributed by atoms with Gasteiger partial charge in [-0.1, -0.05) is 30.3 Å². The third kappa shape index (κ3) is 3.17. The predicted molar refractivity (Wildman–Crippen MR) is 101 cm³/mol. The minimum absolute atomic E-state index is 0.166. The molecule has 0 spiro atoms. The lowest BCUT2D eigenvalue weighted by molar-refractivity contribution is 0.0946. The number of carbonyl (C=O) groups excluding carboxylic acids is 2. The summed E-state index contributed by atoms with van der Waals surface area (Å²) >= 11 is 0. The third-order valence-electron chi connectivity index (χ3n) is 4.43. The average molecular weight is 361 g/mol. The molecule has 2 aromatic heterocycles. The predicted octanol–water partition coefficient (Wildman–Crippen LogP) is 3.99. The molecule has 6 heteroatoms. The number of amides is 1. The number of carbonyl (C=O) groups is 2. The van der Waals surface area contributed by atoms with Crippen LogP contribution in [0.3, 0.4) is 0 Å². The second-order valence-corrected chi connectivity index (χ2v) is 6.31. The van der Waals surface area contributed by atoms with Gasteiger partial charge in [0.25, 0.3) is 5.91 Å². The molecule has 0 saturated carbocycles. The Morgan fingerprint density at radius 1 is 1.07 bits per heavy atom. The van der Waals surface area contributed by atoms with Crippen LogP contribution in [0.4, 0.5) is 4.39 Å². The minimum Gasteiger partial charge on any atom is -0.353 e. The van der Waals surface area contributed by atoms with Crippen LogP contribution in [-0.2, 0) is 6.54 Å². The first-order chi connectivity index (χ1) is 13.0. The van der Waals surface area contributed by atoms with Crippen molar-refractivity contribution in [3.63, 3.8) is 0 Å². The normalized spacial score (nSPS) is 11.0. The van der Waals surface area contributed by atoms with Crippen molar-refractivity contribution in [1.29, 1.82) is 0 Å². The van der Waals surface area contributed by atoms with E-state index in [-0.39, 0.29) is 29.5 Å². The van der Waals surface area contributed by atoms with Crippen molar-refractivity contribution in [2.24, 2.45) is 0 Å². The fourth-order valence-electron chi connectivity index (χ4n) is 3.09. The Kier molecular flexibility index (Phi) is 4.16. The summed E-state index contributed by atoms with van der Waals surface area (Å²) in [6, 6.07) is 15.2. The third-order valence-corrected chi connectivity index (χ3v) is 4.43. The second-order valence-electron chi connectivity index (χ2n) is 6.31. The van der Waals surface area contributed by atoms with Crippen LogP contribution in [0.2, 0.25) is 0 Å². The molecule has 5 nitrogen and oxygen atoms in total. The Labute approximate surface area is 154 Å². The van der Waals surface area contributed by atoms with Gasteiger partial charge in [-0.05, 0) is 29.8 Å². The lowest BCUT2D eigenvalue weighted by atomic mass is 10.1. The van der Waals surface area contributed by atoms with Crippen LogP contribution < -0.4 is 5.32 Å². The fourth-order valence-corrected chi connectivity index (χ4v) is 3.09. The first-order valence-electron chi connectivity index (χ1n) is 8.48. The summed E-state index contributed by atoms with van der Waals surface area (Å²) in [7, 11) is 0. The number of aromatic amines is 1. The smallest absolute Gasteiger partial charge is 0.270 e. The molecule has 0 bridgehead atoms. The van der Waals surface area contributed by atoms with E-state index in [0.29, 0.717) is 5.52 Å². The zero-order chi connectivity index (χ0) is 19.0. The highest BCUT2D eigenvalue weighted by atomic mass is 19.1. The van der Waals surface area contributed by atoms with Gasteiger partial charge >= 0.3 is 0 Å². The van der Waals surface area contributed by atoms with Gasteiger partial charge < -0.3 is 10.3 Å². The van der Waals surface area contributed by atoms with Crippen LogP contribution in [0, 0.1) is 5.82 Å². The molecule has 0 saturated heterocycles. The number of Topliss-reactive ketones (excluding diaryl/α,β-unsaturated/α-hetero) is 1. The molecule has 0 aliphatic heterocycles. The van der Waals surface area contributed by atoms with Crippen LogP contribution in [0.5, 0.6) is 0 Å². The molecule has 0 fully saturated rings. The number of nitrogens with zero attached hydrogens (tertiary/aromatic N) is 1. The number of hydrogen-bond donors (Lipinski definition) is 2. The molecule has 0 radical (unpaired) electrons. The number of rotatable bonds is 4. The number of para-hydroxylation sites is 1. The number of hydrogen-bond acceptors (Lipinski definition) is 3. The van der Waals surface area contributed by atoms with Crippen molar-refractivity contribution in [3.8, 4) is 0 Å². The SMILES string of the molecule is CC(=O)c1nc(C(=O)NCc2ccc(F)cc2)cc2c1[nH]c1ccccc12. The van der Waals surface area contributed by atoms with Crippen LogP contribution in [0.1, 0.15) is 33.5 Å². The number of nitrogens with one attached hydrogen (secondary N) is 2. The van der Waals surface area contributed by atoms with Crippen molar-refractivity contribution in [1.82, 2.24) is 15.3 Å². The molecular weight excluding hydrogens is 345 g/mol. The number of ketones is 1. The molecule has 0 aliphatic carbocycles. The number of benzene rings is 2. The van der Waals surface area contributed by atoms with E-state index in [1.165, 1.54) is 19.1 Å². The summed E-state index contributed by atoms with van der Waals surface area (Å²) in [6.07, 6.45) is 0. The van der Waals surface area contributed by atoms with Crippen LogP contribution in [0.15, 0.2) is 54.6 Å². The maximum atomic E-state index is 13.0. The zero-order valence-corrected chi connectivity index (χ0v) is 14.5. The van der Waals surface area contributed by atoms with E-state index in [4.69, 9.17) is 0 Å². The van der Waals surface area contributed by atoms with Crippen LogP contribution in [0.25, 0.3) is 21.8 Å². The maximum Gasteiger partial charge on any atom is 0.270 e. The molecule has 27 heavy (non-hydrogen) atoms. The van der Waals surface area contributed by atoms with Crippen molar-refractivity contribution in [2.75, 3.05) is 0 Å². The summed E-state index contributed by atoms with van der Waals surface area (Å²) in [5, 5.41) is 4.46. The van der Waals surface area contributed by atoms with E-state index < -0.39 is 5.91 Å². The Hall–Kier alpha value is -3.54. The highest BCUT2D eigenvalue weighted by Crippen LogP contribution is 2.27. The van der Waals surface area contributed by atoms with E-state index in [9.17, 15) is 14.0 Å². The maximum absolute atomic E-state index is 13.0. The average Bonchev–Trinajstić information content (AvgIpc) is 3.05. The van der Waals surface area contributed by atoms with E-state index in [1.807, 2.05) is 24.3 Å². The molecule has 2 aromatic carbocycles. The first-order valence-corrected chi connectivity index (χ1v) is 8.48. The van der Waals surface area contributed by atoms with Gasteiger partial charge in [0.05, 0.1) is 5.52 Å². The van der Waals surface area contributed by atoms with Gasteiger partial charge in [0, 0.05) is 29.8 Å². The lowest BCUT2D eigenvalue weighted by Gasteiger charge is -2.07. The number of pyridine rings is 1. The van der Waals surface area contributed by atoms with Crippen molar-refractivity contribution in [2.45, 2.75) is 13.5 Å². The summed E-state index contributed by atoms with van der Waals surface area (Å²) in [4.78, 5) is 32.1. The van der Waals surface area contributed by atoms with E-state index in [1.54, 1.807) is 18.2 Å². The summed E-state index contributed by atoms with van der Waals surface area (Å²) in [6.45, 7) is 1.66. The summed E-state index contributed by atoms with van der Waals surface area (Å²) < 4.78 is 13.0. The molecule has 1 amide bonds. The minimum atomic E-state index is -0.394. The largest absolute Gasteiger partial charge is 0.353 e. The van der Waals surface area contributed by atoms with Gasteiger partial charge in [-0.15, -0.1) is 0 Å². The summed E-state index contributed by atoms with van der Waals surface area (Å²) in [5.74, 6) is -0.948. The first kappa shape index (κ1) is 16.9. The van der Waals surface area contributed by atoms with E-state index >= 15 is 0 Å². The summed E-state index contributed by atoms with van der Waals surface area (Å²) in [5.41, 5.74) is 2.67. The number of fused-ring (bicyclic) bond motifs is 3. The Balaban J connectivity index is 1.72. The van der Waals surface area contributed by atoms with Crippen molar-refractivity contribution < 1.29 is 14.0 Å². The monoisotopic (exact) mass is 361 g/mol. The zero-order valence-electron chi connectivity index (χ0n) is 14.5. The quantitative estimate of drug-likeness (QED) is 0.540. The Morgan fingerprint density at radius 3 is 2.56 bits per heavy atom. The topological polar surface area (TPSA) is 74.8 Å². The standard InChI is InChI=1S/C21H16FN3O2/c1-12(26)19-20-16(15-4-2-3-5-17(15)24-20)10-18(25-19)21(27)23-11-13-6-8-14(22)9-7-13/h2-10,24H,11H2,1H3,(H,23,27). The highest BCUT2D eigenvalue weighted by Gasteiger charge is 2.17. The van der Waals surface area contributed by atoms with E-state index in [0.717, 1.165) is 21.9 Å². The van der Waals surface area contributed by atoms with Crippen molar-refractivity contribution >= 4 is 33.5 Å². The molecule has 0 unspecified atom stereocenters. The molecule has 2 N–H and O–H groups in total. The van der Waals surface area contributed by atoms with Crippen LogP contribution >= 0.6 is 0 Å². The molecule has 4 aromatic rings. The highest BCUT2D eigenvalue weighted by molar-refractivity contribution is 6.15. The van der Waals surface area contributed by atoms with Crippen LogP contribution in [-0.4, -0.2) is 21.7 Å². The van der Waals surface area contributed by atoms with Gasteiger partial charge in [0.15, 0.2) is 5.78 Å². The number of halogens is 1.